The third-order valence-corrected chi connectivity index (χ3v) is 5.52. The Kier molecular flexibility index (Phi) is 3.59. The summed E-state index contributed by atoms with van der Waals surface area (Å²) in [6.45, 7) is 2.03. The fourth-order valence-electron chi connectivity index (χ4n) is 2.60. The second-order valence-corrected chi connectivity index (χ2v) is 7.19. The van der Waals surface area contributed by atoms with Crippen LogP contribution >= 0.6 is 22.7 Å². The van der Waals surface area contributed by atoms with E-state index in [1.54, 1.807) is 22.7 Å². The molecule has 0 fully saturated rings. The summed E-state index contributed by atoms with van der Waals surface area (Å²) >= 11 is 3.39. The van der Waals surface area contributed by atoms with Crippen LogP contribution in [0.2, 0.25) is 0 Å². The number of para-hydroxylation sites is 2. The van der Waals surface area contributed by atoms with E-state index in [-0.39, 0.29) is 0 Å². The monoisotopic (exact) mass is 337 g/mol. The van der Waals surface area contributed by atoms with Gasteiger partial charge in [-0.3, -0.25) is 0 Å². The van der Waals surface area contributed by atoms with Gasteiger partial charge < -0.3 is 4.57 Å². The Balaban J connectivity index is 1.95. The predicted molar refractivity (Wildman–Crippen MR) is 98.9 cm³/mol. The molecule has 23 heavy (non-hydrogen) atoms. The van der Waals surface area contributed by atoms with Gasteiger partial charge in [-0.15, -0.1) is 22.7 Å². The summed E-state index contributed by atoms with van der Waals surface area (Å²) in [4.78, 5) is 10.7. The molecule has 4 aromatic rings. The molecular weight excluding hydrogens is 322 g/mol. The van der Waals surface area contributed by atoms with E-state index < -0.39 is 0 Å². The summed E-state index contributed by atoms with van der Waals surface area (Å²) in [6, 6.07) is 12.4. The van der Waals surface area contributed by atoms with E-state index in [0.29, 0.717) is 0 Å². The first kappa shape index (κ1) is 14.4. The Morgan fingerprint density at radius 1 is 1.09 bits per heavy atom. The van der Waals surface area contributed by atoms with E-state index in [1.807, 2.05) is 19.1 Å². The highest BCUT2D eigenvalue weighted by molar-refractivity contribution is 7.11. The molecule has 0 radical (unpaired) electrons. The molecule has 3 nitrogen and oxygen atoms in total. The number of hydrogen-bond donors (Lipinski definition) is 0. The molecule has 1 aromatic carbocycles. The molecule has 0 aliphatic heterocycles. The first-order chi connectivity index (χ1) is 11.2. The van der Waals surface area contributed by atoms with Crippen LogP contribution in [0.4, 0.5) is 0 Å². The summed E-state index contributed by atoms with van der Waals surface area (Å²) in [7, 11) is 2.06. The number of rotatable bonds is 3. The maximum absolute atomic E-state index is 4.84. The number of aryl methyl sites for hydroxylation is 2. The SMILES string of the molecule is Cc1csc(/C(=C/c2cccs2)c2nc3ccccc3n2C)n1. The maximum Gasteiger partial charge on any atom is 0.143 e. The highest BCUT2D eigenvalue weighted by atomic mass is 32.1. The average Bonchev–Trinajstić information content (AvgIpc) is 3.27. The minimum absolute atomic E-state index is 0.953. The van der Waals surface area contributed by atoms with Gasteiger partial charge in [0.25, 0.3) is 0 Å². The zero-order valence-corrected chi connectivity index (χ0v) is 14.5. The smallest absolute Gasteiger partial charge is 0.143 e. The summed E-state index contributed by atoms with van der Waals surface area (Å²) in [5, 5.41) is 5.18. The van der Waals surface area contributed by atoms with Crippen molar-refractivity contribution in [1.82, 2.24) is 14.5 Å². The number of benzene rings is 1. The highest BCUT2D eigenvalue weighted by Crippen LogP contribution is 2.30. The van der Waals surface area contributed by atoms with E-state index >= 15 is 0 Å². The second kappa shape index (κ2) is 5.76. The maximum atomic E-state index is 4.84. The summed E-state index contributed by atoms with van der Waals surface area (Å²) in [5.41, 5.74) is 4.26. The molecule has 4 rings (SSSR count). The number of imidazole rings is 1. The minimum Gasteiger partial charge on any atom is -0.327 e. The van der Waals surface area contributed by atoms with Crippen molar-refractivity contribution in [2.45, 2.75) is 6.92 Å². The number of thiophene rings is 1. The van der Waals surface area contributed by atoms with Crippen LogP contribution in [0.5, 0.6) is 0 Å². The van der Waals surface area contributed by atoms with Gasteiger partial charge >= 0.3 is 0 Å². The molecule has 0 saturated carbocycles. The van der Waals surface area contributed by atoms with Gasteiger partial charge in [-0.25, -0.2) is 9.97 Å². The van der Waals surface area contributed by atoms with Crippen molar-refractivity contribution in [2.24, 2.45) is 7.05 Å². The number of aromatic nitrogens is 3. The summed E-state index contributed by atoms with van der Waals surface area (Å²) in [5.74, 6) is 0.953. The molecule has 5 heteroatoms. The molecule has 3 aromatic heterocycles. The first-order valence-electron chi connectivity index (χ1n) is 7.32. The van der Waals surface area contributed by atoms with Crippen LogP contribution in [0.25, 0.3) is 22.7 Å². The van der Waals surface area contributed by atoms with Gasteiger partial charge in [0.2, 0.25) is 0 Å². The molecule has 114 valence electrons. The van der Waals surface area contributed by atoms with Crippen LogP contribution in [0.1, 0.15) is 21.4 Å². The Morgan fingerprint density at radius 3 is 2.65 bits per heavy atom. The molecule has 0 amide bonds. The predicted octanol–water partition coefficient (Wildman–Crippen LogP) is 4.99. The third kappa shape index (κ3) is 2.62. The van der Waals surface area contributed by atoms with Crippen LogP contribution in [-0.2, 0) is 7.05 Å². The Labute approximate surface area is 142 Å². The van der Waals surface area contributed by atoms with Crippen LogP contribution in [0.15, 0.2) is 47.2 Å². The Morgan fingerprint density at radius 2 is 1.96 bits per heavy atom. The van der Waals surface area contributed by atoms with Crippen molar-refractivity contribution in [3.63, 3.8) is 0 Å². The van der Waals surface area contributed by atoms with E-state index in [9.17, 15) is 0 Å². The zero-order valence-electron chi connectivity index (χ0n) is 12.9. The van der Waals surface area contributed by atoms with Crippen molar-refractivity contribution in [3.8, 4) is 0 Å². The molecule has 0 atom stereocenters. The quantitative estimate of drug-likeness (QED) is 0.527. The summed E-state index contributed by atoms with van der Waals surface area (Å²) < 4.78 is 2.14. The van der Waals surface area contributed by atoms with Gasteiger partial charge in [-0.2, -0.15) is 0 Å². The molecule has 3 heterocycles. The summed E-state index contributed by atoms with van der Waals surface area (Å²) in [6.07, 6.45) is 2.18. The van der Waals surface area contributed by atoms with Gasteiger partial charge in [0, 0.05) is 23.0 Å². The Hall–Kier alpha value is -2.24. The third-order valence-electron chi connectivity index (χ3n) is 3.71. The fourth-order valence-corrected chi connectivity index (χ4v) is 4.07. The van der Waals surface area contributed by atoms with E-state index in [0.717, 1.165) is 33.1 Å². The second-order valence-electron chi connectivity index (χ2n) is 5.35. The minimum atomic E-state index is 0.953. The lowest BCUT2D eigenvalue weighted by Crippen LogP contribution is -1.98. The largest absolute Gasteiger partial charge is 0.327 e. The van der Waals surface area contributed by atoms with E-state index in [1.165, 1.54) is 4.88 Å². The topological polar surface area (TPSA) is 30.7 Å². The molecule has 0 unspecified atom stereocenters. The number of thiazole rings is 1. The van der Waals surface area contributed by atoms with Gasteiger partial charge in [0.1, 0.15) is 10.8 Å². The number of fused-ring (bicyclic) bond motifs is 1. The molecule has 0 bridgehead atoms. The van der Waals surface area contributed by atoms with Crippen molar-refractivity contribution in [3.05, 3.63) is 68.6 Å². The van der Waals surface area contributed by atoms with Gasteiger partial charge in [0.15, 0.2) is 0 Å². The van der Waals surface area contributed by atoms with Gasteiger partial charge in [-0.1, -0.05) is 18.2 Å². The van der Waals surface area contributed by atoms with Crippen molar-refractivity contribution in [2.75, 3.05) is 0 Å². The van der Waals surface area contributed by atoms with Crippen molar-refractivity contribution < 1.29 is 0 Å². The Bertz CT molecular complexity index is 991. The normalized spacial score (nSPS) is 12.2. The van der Waals surface area contributed by atoms with Gasteiger partial charge in [0.05, 0.1) is 16.6 Å². The van der Waals surface area contributed by atoms with Crippen molar-refractivity contribution in [1.29, 1.82) is 0 Å². The van der Waals surface area contributed by atoms with Gasteiger partial charge in [-0.05, 0) is 36.6 Å². The first-order valence-corrected chi connectivity index (χ1v) is 9.08. The standard InChI is InChI=1S/C18H15N3S2/c1-12-11-23-18(19-12)14(10-13-6-5-9-22-13)17-20-15-7-3-4-8-16(15)21(17)2/h3-11H,1-2H3/b14-10+. The molecule has 0 spiro atoms. The molecule has 0 aliphatic rings. The molecule has 0 aliphatic carbocycles. The molecular formula is C18H15N3S2. The number of nitrogens with zero attached hydrogens (tertiary/aromatic N) is 3. The van der Waals surface area contributed by atoms with Crippen molar-refractivity contribution >= 4 is 45.4 Å². The number of hydrogen-bond acceptors (Lipinski definition) is 4. The lowest BCUT2D eigenvalue weighted by molar-refractivity contribution is 0.922. The van der Waals surface area contributed by atoms with E-state index in [2.05, 4.69) is 57.7 Å². The molecule has 0 N–H and O–H groups in total. The lowest BCUT2D eigenvalue weighted by atomic mass is 10.2. The van der Waals surface area contributed by atoms with Crippen LogP contribution in [0.3, 0.4) is 0 Å². The zero-order chi connectivity index (χ0) is 15.8. The van der Waals surface area contributed by atoms with Crippen LogP contribution in [0, 0.1) is 6.92 Å². The molecule has 0 saturated heterocycles. The lowest BCUT2D eigenvalue weighted by Gasteiger charge is -2.05. The average molecular weight is 337 g/mol. The van der Waals surface area contributed by atoms with Crippen LogP contribution < -0.4 is 0 Å². The fraction of sp³-hybridized carbons (Fsp3) is 0.111. The van der Waals surface area contributed by atoms with E-state index in [4.69, 9.17) is 4.98 Å². The highest BCUT2D eigenvalue weighted by Gasteiger charge is 2.16. The van der Waals surface area contributed by atoms with Crippen LogP contribution in [-0.4, -0.2) is 14.5 Å².